The highest BCUT2D eigenvalue weighted by atomic mass is 32.2. The van der Waals surface area contributed by atoms with Crippen LogP contribution in [0.5, 0.6) is 0 Å². The average molecular weight is 393 g/mol. The molecule has 0 aliphatic rings. The number of hydrogen-bond donors (Lipinski definition) is 0. The van der Waals surface area contributed by atoms with Gasteiger partial charge in [0.25, 0.3) is 0 Å². The lowest BCUT2D eigenvalue weighted by Gasteiger charge is -2.11. The third-order valence-corrected chi connectivity index (χ3v) is 6.84. The molecule has 28 heavy (non-hydrogen) atoms. The molecule has 0 unspecified atom stereocenters. The largest absolute Gasteiger partial charge is 0.157 e. The van der Waals surface area contributed by atoms with Crippen LogP contribution in [0.25, 0.3) is 21.5 Å². The maximum Gasteiger partial charge on any atom is 0.0196 e. The second-order valence-corrected chi connectivity index (χ2v) is 9.14. The number of benzene rings is 3. The Morgan fingerprint density at radius 2 is 1.11 bits per heavy atom. The van der Waals surface area contributed by atoms with Crippen LogP contribution in [0.4, 0.5) is 0 Å². The molecule has 0 N–H and O–H groups in total. The summed E-state index contributed by atoms with van der Waals surface area (Å²) in [6.07, 6.45) is 14.2. The van der Waals surface area contributed by atoms with Crippen molar-refractivity contribution in [2.75, 3.05) is 5.75 Å². The van der Waals surface area contributed by atoms with E-state index in [2.05, 4.69) is 73.3 Å². The van der Waals surface area contributed by atoms with Crippen molar-refractivity contribution >= 4 is 33.3 Å². The summed E-state index contributed by atoms with van der Waals surface area (Å²) in [5.41, 5.74) is 1.52. The lowest BCUT2D eigenvalue weighted by molar-refractivity contribution is 0.563. The summed E-state index contributed by atoms with van der Waals surface area (Å²) < 4.78 is 0. The van der Waals surface area contributed by atoms with Gasteiger partial charge in [-0.05, 0) is 45.3 Å². The molecule has 0 aliphatic carbocycles. The van der Waals surface area contributed by atoms with Crippen LogP contribution in [0.2, 0.25) is 0 Å². The first-order valence-corrected chi connectivity index (χ1v) is 12.5. The number of unbranched alkanes of at least 4 members (excludes halogenated alkanes) is 9. The fourth-order valence-electron chi connectivity index (χ4n) is 4.13. The fourth-order valence-corrected chi connectivity index (χ4v) is 5.20. The zero-order valence-corrected chi connectivity index (χ0v) is 18.4. The molecule has 0 nitrogen and oxygen atoms in total. The molecule has 3 rings (SSSR count). The van der Waals surface area contributed by atoms with E-state index in [1.165, 1.54) is 97.1 Å². The Labute approximate surface area is 176 Å². The Hall–Kier alpha value is -1.47. The Morgan fingerprint density at radius 3 is 1.68 bits per heavy atom. The van der Waals surface area contributed by atoms with Crippen molar-refractivity contribution in [2.24, 2.45) is 0 Å². The van der Waals surface area contributed by atoms with Crippen LogP contribution < -0.4 is 0 Å². The third-order valence-electron chi connectivity index (χ3n) is 5.77. The Bertz CT molecular complexity index is 782. The fraction of sp³-hybridized carbons (Fsp3) is 0.481. The normalized spacial score (nSPS) is 11.5. The summed E-state index contributed by atoms with van der Waals surface area (Å²) in [5, 5.41) is 5.60. The van der Waals surface area contributed by atoms with E-state index in [0.29, 0.717) is 0 Å². The van der Waals surface area contributed by atoms with Crippen LogP contribution in [-0.2, 0) is 5.75 Å². The van der Waals surface area contributed by atoms with Crippen molar-refractivity contribution < 1.29 is 0 Å². The number of hydrogen-bond acceptors (Lipinski definition) is 1. The van der Waals surface area contributed by atoms with E-state index in [0.717, 1.165) is 5.75 Å². The van der Waals surface area contributed by atoms with Gasteiger partial charge in [-0.3, -0.25) is 0 Å². The van der Waals surface area contributed by atoms with E-state index in [4.69, 9.17) is 0 Å². The standard InChI is InChI=1S/C27H36S/c1-2-3-4-5-6-7-8-9-10-15-20-28-22-27-25-18-13-11-16-23(25)21-24-17-12-14-19-26(24)27/h11-14,16-19,21H,2-10,15,20,22H2,1H3. The summed E-state index contributed by atoms with van der Waals surface area (Å²) in [4.78, 5) is 0. The van der Waals surface area contributed by atoms with Crippen molar-refractivity contribution in [2.45, 2.75) is 76.9 Å². The molecule has 0 saturated carbocycles. The first kappa shape index (κ1) is 21.2. The minimum Gasteiger partial charge on any atom is -0.157 e. The van der Waals surface area contributed by atoms with Crippen molar-refractivity contribution in [3.05, 3.63) is 60.2 Å². The molecule has 3 aromatic rings. The predicted molar refractivity (Wildman–Crippen MR) is 129 cm³/mol. The van der Waals surface area contributed by atoms with Gasteiger partial charge in [-0.1, -0.05) is 113 Å². The van der Waals surface area contributed by atoms with Crippen molar-refractivity contribution in [1.82, 2.24) is 0 Å². The molecule has 0 radical (unpaired) electrons. The molecular weight excluding hydrogens is 356 g/mol. The molecule has 0 atom stereocenters. The molecule has 0 aromatic heterocycles. The second kappa shape index (κ2) is 12.2. The van der Waals surface area contributed by atoms with Crippen LogP contribution in [0, 0.1) is 0 Å². The van der Waals surface area contributed by atoms with Crippen molar-refractivity contribution in [1.29, 1.82) is 0 Å². The van der Waals surface area contributed by atoms with Gasteiger partial charge in [-0.25, -0.2) is 0 Å². The van der Waals surface area contributed by atoms with Gasteiger partial charge in [-0.2, -0.15) is 11.8 Å². The Kier molecular flexibility index (Phi) is 9.23. The lowest BCUT2D eigenvalue weighted by atomic mass is 9.98. The number of thioether (sulfide) groups is 1. The van der Waals surface area contributed by atoms with Gasteiger partial charge < -0.3 is 0 Å². The Morgan fingerprint density at radius 1 is 0.607 bits per heavy atom. The van der Waals surface area contributed by atoms with Crippen LogP contribution in [0.1, 0.15) is 76.7 Å². The van der Waals surface area contributed by atoms with E-state index >= 15 is 0 Å². The van der Waals surface area contributed by atoms with E-state index in [1.54, 1.807) is 0 Å². The molecular formula is C27H36S. The van der Waals surface area contributed by atoms with Gasteiger partial charge in [-0.15, -0.1) is 0 Å². The maximum absolute atomic E-state index is 2.33. The molecule has 1 heteroatoms. The van der Waals surface area contributed by atoms with Crippen LogP contribution in [0.15, 0.2) is 54.6 Å². The highest BCUT2D eigenvalue weighted by Gasteiger charge is 2.07. The molecule has 0 bridgehead atoms. The van der Waals surface area contributed by atoms with E-state index in [9.17, 15) is 0 Å². The topological polar surface area (TPSA) is 0 Å². The highest BCUT2D eigenvalue weighted by molar-refractivity contribution is 7.98. The van der Waals surface area contributed by atoms with Gasteiger partial charge in [0.15, 0.2) is 0 Å². The van der Waals surface area contributed by atoms with Gasteiger partial charge in [0.1, 0.15) is 0 Å². The van der Waals surface area contributed by atoms with Crippen LogP contribution in [0.3, 0.4) is 0 Å². The van der Waals surface area contributed by atoms with Crippen LogP contribution >= 0.6 is 11.8 Å². The summed E-state index contributed by atoms with van der Waals surface area (Å²) in [5.74, 6) is 2.41. The monoisotopic (exact) mass is 392 g/mol. The van der Waals surface area contributed by atoms with Crippen molar-refractivity contribution in [3.63, 3.8) is 0 Å². The molecule has 150 valence electrons. The smallest absolute Gasteiger partial charge is 0.0196 e. The summed E-state index contributed by atoms with van der Waals surface area (Å²) in [7, 11) is 0. The third kappa shape index (κ3) is 6.27. The molecule has 0 amide bonds. The summed E-state index contributed by atoms with van der Waals surface area (Å²) in [6.45, 7) is 2.29. The molecule has 0 fully saturated rings. The van der Waals surface area contributed by atoms with Gasteiger partial charge in [0.2, 0.25) is 0 Å². The quantitative estimate of drug-likeness (QED) is 0.206. The first-order chi connectivity index (χ1) is 13.9. The van der Waals surface area contributed by atoms with Gasteiger partial charge in [0, 0.05) is 5.75 Å². The number of rotatable bonds is 13. The van der Waals surface area contributed by atoms with Gasteiger partial charge in [0.05, 0.1) is 0 Å². The summed E-state index contributed by atoms with van der Waals surface area (Å²) >= 11 is 2.11. The van der Waals surface area contributed by atoms with E-state index < -0.39 is 0 Å². The number of fused-ring (bicyclic) bond motifs is 2. The minimum atomic E-state index is 1.12. The second-order valence-electron chi connectivity index (χ2n) is 8.03. The Balaban J connectivity index is 1.41. The lowest BCUT2D eigenvalue weighted by Crippen LogP contribution is -1.90. The van der Waals surface area contributed by atoms with Gasteiger partial charge >= 0.3 is 0 Å². The first-order valence-electron chi connectivity index (χ1n) is 11.4. The van der Waals surface area contributed by atoms with E-state index in [1.807, 2.05) is 0 Å². The molecule has 3 aromatic carbocycles. The predicted octanol–water partition coefficient (Wildman–Crippen LogP) is 9.15. The highest BCUT2D eigenvalue weighted by Crippen LogP contribution is 2.31. The summed E-state index contributed by atoms with van der Waals surface area (Å²) in [6, 6.07) is 20.1. The zero-order valence-electron chi connectivity index (χ0n) is 17.6. The van der Waals surface area contributed by atoms with E-state index in [-0.39, 0.29) is 0 Å². The zero-order chi connectivity index (χ0) is 19.4. The maximum atomic E-state index is 2.33. The van der Waals surface area contributed by atoms with Crippen molar-refractivity contribution in [3.8, 4) is 0 Å². The average Bonchev–Trinajstić information content (AvgIpc) is 2.73. The molecule has 0 aliphatic heterocycles. The molecule has 0 saturated heterocycles. The molecule has 0 heterocycles. The minimum absolute atomic E-state index is 1.12. The molecule has 0 spiro atoms. The SMILES string of the molecule is CCCCCCCCCCCCSCc1c2ccccc2cc2ccccc12. The van der Waals surface area contributed by atoms with Crippen LogP contribution in [-0.4, -0.2) is 5.75 Å².